The summed E-state index contributed by atoms with van der Waals surface area (Å²) in [7, 11) is 0. The number of nitrogens with one attached hydrogen (secondary N) is 1. The Morgan fingerprint density at radius 3 is 2.33 bits per heavy atom. The largest absolute Gasteiger partial charge is 0.872 e. The van der Waals surface area contributed by atoms with E-state index in [1.165, 1.54) is 21.9 Å². The summed E-state index contributed by atoms with van der Waals surface area (Å²) in [5.41, 5.74) is 0.695. The third-order valence-electron chi connectivity index (χ3n) is 5.91. The number of quaternary nitrogens is 1. The molecule has 33 heavy (non-hydrogen) atoms. The van der Waals surface area contributed by atoms with E-state index in [2.05, 4.69) is 20.4 Å². The quantitative estimate of drug-likeness (QED) is 0.257. The maximum absolute atomic E-state index is 13.4. The highest BCUT2D eigenvalue weighted by Crippen LogP contribution is 2.38. The number of ether oxygens (including phenoxy) is 1. The third kappa shape index (κ3) is 5.31. The number of benzene rings is 2. The maximum atomic E-state index is 13.4. The minimum atomic E-state index is -0.814. The Morgan fingerprint density at radius 2 is 1.76 bits per heavy atom. The van der Waals surface area contributed by atoms with Crippen LogP contribution in [0.5, 0.6) is 5.75 Å². The fourth-order valence-corrected chi connectivity index (χ4v) is 3.99. The van der Waals surface area contributed by atoms with Crippen LogP contribution in [0.15, 0.2) is 66.8 Å². The zero-order chi connectivity index (χ0) is 24.0. The van der Waals surface area contributed by atoms with Crippen molar-refractivity contribution in [3.8, 4) is 5.75 Å². The van der Waals surface area contributed by atoms with Gasteiger partial charge in [-0.2, -0.15) is 0 Å². The van der Waals surface area contributed by atoms with E-state index in [9.17, 15) is 19.1 Å². The van der Waals surface area contributed by atoms with Crippen LogP contribution in [0.4, 0.5) is 4.39 Å². The van der Waals surface area contributed by atoms with Crippen LogP contribution in [0.1, 0.15) is 31.0 Å². The molecule has 7 heteroatoms. The molecule has 1 amide bonds. The molecule has 0 aromatic heterocycles. The topological polar surface area (TPSA) is 74.1 Å². The summed E-state index contributed by atoms with van der Waals surface area (Å²) < 4.78 is 18.9. The van der Waals surface area contributed by atoms with E-state index in [1.54, 1.807) is 30.3 Å². The number of likely N-dealkylation sites (tertiary alicyclic amines) is 1. The lowest BCUT2D eigenvalue weighted by Gasteiger charge is -2.28. The zero-order valence-corrected chi connectivity index (χ0v) is 19.0. The SMILES string of the molecule is C=CCOc1ccc(C2C(=C([O-])c3ccc(F)cc3)C(=O)C(=O)N2CC[NH+](CC)CC)cc1. The Morgan fingerprint density at radius 1 is 1.12 bits per heavy atom. The number of halogens is 1. The molecule has 1 saturated heterocycles. The van der Waals surface area contributed by atoms with Crippen LogP contribution >= 0.6 is 0 Å². The van der Waals surface area contributed by atoms with Crippen molar-refractivity contribution >= 4 is 17.4 Å². The van der Waals surface area contributed by atoms with Crippen molar-refractivity contribution in [2.24, 2.45) is 0 Å². The lowest BCUT2D eigenvalue weighted by atomic mass is 9.95. The van der Waals surface area contributed by atoms with E-state index >= 15 is 0 Å². The summed E-state index contributed by atoms with van der Waals surface area (Å²) >= 11 is 0. The van der Waals surface area contributed by atoms with E-state index in [0.717, 1.165) is 25.2 Å². The molecule has 1 fully saturated rings. The second-order valence-electron chi connectivity index (χ2n) is 7.86. The first kappa shape index (κ1) is 24.2. The van der Waals surface area contributed by atoms with E-state index in [4.69, 9.17) is 4.74 Å². The fourth-order valence-electron chi connectivity index (χ4n) is 3.99. The molecule has 1 heterocycles. The van der Waals surface area contributed by atoms with Crippen molar-refractivity contribution in [2.45, 2.75) is 19.9 Å². The number of amides is 1. The van der Waals surface area contributed by atoms with Crippen LogP contribution in [-0.4, -0.2) is 49.4 Å². The monoisotopic (exact) mass is 452 g/mol. The van der Waals surface area contributed by atoms with Gasteiger partial charge < -0.3 is 19.6 Å². The van der Waals surface area contributed by atoms with Crippen molar-refractivity contribution < 1.29 is 28.7 Å². The van der Waals surface area contributed by atoms with Crippen LogP contribution in [0, 0.1) is 5.82 Å². The van der Waals surface area contributed by atoms with E-state index < -0.39 is 29.3 Å². The van der Waals surface area contributed by atoms with Crippen LogP contribution in [-0.2, 0) is 9.59 Å². The highest BCUT2D eigenvalue weighted by Gasteiger charge is 2.44. The van der Waals surface area contributed by atoms with Crippen molar-refractivity contribution in [1.82, 2.24) is 4.90 Å². The molecule has 1 N–H and O–H groups in total. The molecule has 1 atom stereocenters. The minimum Gasteiger partial charge on any atom is -0.872 e. The van der Waals surface area contributed by atoms with Gasteiger partial charge in [-0.05, 0) is 49.2 Å². The molecule has 174 valence electrons. The average molecular weight is 453 g/mol. The van der Waals surface area contributed by atoms with Crippen LogP contribution < -0.4 is 14.7 Å². The zero-order valence-electron chi connectivity index (χ0n) is 19.0. The van der Waals surface area contributed by atoms with E-state index in [0.29, 0.717) is 31.0 Å². The van der Waals surface area contributed by atoms with Gasteiger partial charge >= 0.3 is 0 Å². The summed E-state index contributed by atoms with van der Waals surface area (Å²) in [5.74, 6) is -1.94. The van der Waals surface area contributed by atoms with Crippen molar-refractivity contribution in [2.75, 3.05) is 32.8 Å². The number of likely N-dealkylation sites (N-methyl/N-ethyl adjacent to an activating group) is 1. The lowest BCUT2D eigenvalue weighted by molar-refractivity contribution is -0.895. The molecule has 3 rings (SSSR count). The summed E-state index contributed by atoms with van der Waals surface area (Å²) in [6.07, 6.45) is 1.63. The lowest BCUT2D eigenvalue weighted by Crippen LogP contribution is -3.12. The Bertz CT molecular complexity index is 1030. The number of rotatable bonds is 10. The molecule has 0 spiro atoms. The normalized spacial score (nSPS) is 17.6. The first-order chi connectivity index (χ1) is 15.9. The predicted octanol–water partition coefficient (Wildman–Crippen LogP) is 1.54. The smallest absolute Gasteiger partial charge is 0.295 e. The first-order valence-electron chi connectivity index (χ1n) is 11.1. The molecule has 0 radical (unpaired) electrons. The van der Waals surface area contributed by atoms with Crippen molar-refractivity contribution in [1.29, 1.82) is 0 Å². The molecule has 1 unspecified atom stereocenters. The molecule has 0 aliphatic carbocycles. The summed E-state index contributed by atoms with van der Waals surface area (Å²) in [5, 5.41) is 13.3. The van der Waals surface area contributed by atoms with Gasteiger partial charge in [0.05, 0.1) is 32.2 Å². The second kappa shape index (κ2) is 10.9. The molecule has 1 aliphatic heterocycles. The van der Waals surface area contributed by atoms with Gasteiger partial charge in [0.15, 0.2) is 0 Å². The average Bonchev–Trinajstić information content (AvgIpc) is 3.08. The molecule has 1 aliphatic rings. The number of carbonyl (C=O) groups excluding carboxylic acids is 2. The van der Waals surface area contributed by atoms with Gasteiger partial charge in [0.25, 0.3) is 5.91 Å². The number of nitrogens with zero attached hydrogens (tertiary/aromatic N) is 1. The summed E-state index contributed by atoms with van der Waals surface area (Å²) in [4.78, 5) is 28.7. The number of hydrogen-bond acceptors (Lipinski definition) is 4. The van der Waals surface area contributed by atoms with Gasteiger partial charge in [-0.1, -0.05) is 42.7 Å². The standard InChI is InChI=1S/C26H29FN2O4/c1-4-17-33-21-13-9-18(10-14-21)23-22(24(30)19-7-11-20(27)12-8-19)25(31)26(32)29(23)16-15-28(5-2)6-3/h4,7-14,23,30H,1,5-6,15-17H2,2-3H3. The van der Waals surface area contributed by atoms with Crippen molar-refractivity contribution in [3.63, 3.8) is 0 Å². The summed E-state index contributed by atoms with van der Waals surface area (Å²) in [6, 6.07) is 11.1. The second-order valence-corrected chi connectivity index (χ2v) is 7.86. The van der Waals surface area contributed by atoms with Crippen LogP contribution in [0.2, 0.25) is 0 Å². The highest BCUT2D eigenvalue weighted by atomic mass is 19.1. The number of ketones is 1. The van der Waals surface area contributed by atoms with E-state index in [1.807, 2.05) is 0 Å². The van der Waals surface area contributed by atoms with E-state index in [-0.39, 0.29) is 11.1 Å². The van der Waals surface area contributed by atoms with Crippen molar-refractivity contribution in [3.05, 3.63) is 83.7 Å². The Hall–Kier alpha value is -3.45. The molecular formula is C26H29FN2O4. The number of carbonyl (C=O) groups is 2. The third-order valence-corrected chi connectivity index (χ3v) is 5.91. The number of hydrogen-bond donors (Lipinski definition) is 1. The number of Topliss-reactive ketones (excluding diaryl/α,β-unsaturated/α-hetero) is 1. The Labute approximate surface area is 193 Å². The minimum absolute atomic E-state index is 0.110. The Balaban J connectivity index is 2.05. The van der Waals surface area contributed by atoms with Crippen LogP contribution in [0.3, 0.4) is 0 Å². The van der Waals surface area contributed by atoms with Gasteiger partial charge in [0.1, 0.15) is 18.2 Å². The van der Waals surface area contributed by atoms with Crippen LogP contribution in [0.25, 0.3) is 5.76 Å². The summed E-state index contributed by atoms with van der Waals surface area (Å²) in [6.45, 7) is 10.9. The van der Waals surface area contributed by atoms with Gasteiger partial charge in [-0.25, -0.2) is 4.39 Å². The molecule has 2 aromatic carbocycles. The van der Waals surface area contributed by atoms with Gasteiger partial charge in [0.2, 0.25) is 5.78 Å². The Kier molecular flexibility index (Phi) is 8.01. The molecule has 0 bridgehead atoms. The van der Waals surface area contributed by atoms with Gasteiger partial charge in [-0.3, -0.25) is 9.59 Å². The highest BCUT2D eigenvalue weighted by molar-refractivity contribution is 6.46. The van der Waals surface area contributed by atoms with Gasteiger partial charge in [0, 0.05) is 5.57 Å². The first-order valence-corrected chi connectivity index (χ1v) is 11.1. The predicted molar refractivity (Wildman–Crippen MR) is 122 cm³/mol. The molecular weight excluding hydrogens is 423 g/mol. The van der Waals surface area contributed by atoms with Gasteiger partial charge in [-0.15, -0.1) is 0 Å². The molecule has 6 nitrogen and oxygen atoms in total. The molecule has 2 aromatic rings. The molecule has 0 saturated carbocycles. The fraction of sp³-hybridized carbons (Fsp3) is 0.308. The maximum Gasteiger partial charge on any atom is 0.295 e.